The number of nitrogens with one attached hydrogen (secondary N) is 3. The van der Waals surface area contributed by atoms with Crippen LogP contribution < -0.4 is 21.4 Å². The molecule has 10 heteroatoms. The minimum absolute atomic E-state index is 0.126. The molecule has 94 valence electrons. The highest BCUT2D eigenvalue weighted by Gasteiger charge is 2.22. The standard InChI is InChI=1S/C7H15BN5O3P/c8-13-17-16-7(15)12-6(9)11-5(14)4-1-2-10-3-4/h4,10,13,17H,1-3,8H2,(H3,9,11,12,14,15)/t4-/m0/s1. The lowest BCUT2D eigenvalue weighted by Crippen LogP contribution is -2.41. The molecular weight excluding hydrogens is 244 g/mol. The molecule has 2 atom stereocenters. The summed E-state index contributed by atoms with van der Waals surface area (Å²) in [6.07, 6.45) is -0.0786. The highest BCUT2D eigenvalue weighted by Crippen LogP contribution is 2.07. The van der Waals surface area contributed by atoms with Crippen LogP contribution in [0, 0.1) is 5.92 Å². The summed E-state index contributed by atoms with van der Waals surface area (Å²) >= 11 is 0. The number of amides is 2. The average Bonchev–Trinajstić information content (AvgIpc) is 2.79. The summed E-state index contributed by atoms with van der Waals surface area (Å²) in [4.78, 5) is 28.6. The zero-order valence-corrected chi connectivity index (χ0v) is 10.4. The molecule has 1 heterocycles. The van der Waals surface area contributed by atoms with Gasteiger partial charge in [0.15, 0.2) is 7.98 Å². The van der Waals surface area contributed by atoms with Gasteiger partial charge in [-0.1, -0.05) is 0 Å². The number of hydrogen-bond acceptors (Lipinski definition) is 5. The molecular formula is C7H15BN5O3P. The molecule has 8 nitrogen and oxygen atoms in total. The Labute approximate surface area is 101 Å². The van der Waals surface area contributed by atoms with Crippen LogP contribution in [0.15, 0.2) is 4.99 Å². The fourth-order valence-electron chi connectivity index (χ4n) is 1.35. The van der Waals surface area contributed by atoms with Crippen LogP contribution >= 0.6 is 8.96 Å². The van der Waals surface area contributed by atoms with Gasteiger partial charge >= 0.3 is 6.09 Å². The predicted octanol–water partition coefficient (Wildman–Crippen LogP) is -2.19. The van der Waals surface area contributed by atoms with Crippen LogP contribution in [-0.4, -0.2) is 39.0 Å². The largest absolute Gasteiger partial charge is 0.440 e. The Morgan fingerprint density at radius 2 is 2.35 bits per heavy atom. The second kappa shape index (κ2) is 7.21. The molecule has 5 N–H and O–H groups in total. The van der Waals surface area contributed by atoms with Crippen molar-refractivity contribution in [3.63, 3.8) is 0 Å². The first kappa shape index (κ1) is 13.9. The highest BCUT2D eigenvalue weighted by molar-refractivity contribution is 7.32. The molecule has 1 saturated heterocycles. The van der Waals surface area contributed by atoms with Crippen molar-refractivity contribution in [2.45, 2.75) is 6.42 Å². The van der Waals surface area contributed by atoms with E-state index in [9.17, 15) is 9.59 Å². The maximum absolute atomic E-state index is 11.6. The fourth-order valence-corrected chi connectivity index (χ4v) is 1.59. The predicted molar refractivity (Wildman–Crippen MR) is 67.2 cm³/mol. The summed E-state index contributed by atoms with van der Waals surface area (Å²) in [6.45, 7) is 1.42. The van der Waals surface area contributed by atoms with E-state index in [0.29, 0.717) is 6.54 Å². The van der Waals surface area contributed by atoms with Gasteiger partial charge in [-0.15, -0.1) is 4.99 Å². The number of aliphatic imine (C=N–C) groups is 1. The number of hydrogen-bond donors (Lipinski definition) is 4. The molecule has 0 spiro atoms. The first-order valence-corrected chi connectivity index (χ1v) is 6.02. The Bertz CT molecular complexity index is 321. The SMILES string of the molecule is BNPOC(=O)/N=C(\N)NC(=O)[C@H]1CCNC1. The van der Waals surface area contributed by atoms with Gasteiger partial charge in [-0.2, -0.15) is 0 Å². The summed E-state index contributed by atoms with van der Waals surface area (Å²) in [5, 5.41) is 5.41. The molecule has 0 aliphatic carbocycles. The molecule has 0 radical (unpaired) electrons. The van der Waals surface area contributed by atoms with Crippen molar-refractivity contribution in [1.82, 2.24) is 15.6 Å². The van der Waals surface area contributed by atoms with Crippen molar-refractivity contribution < 1.29 is 14.1 Å². The second-order valence-corrected chi connectivity index (χ2v) is 4.30. The number of guanidine groups is 1. The Balaban J connectivity index is 2.36. The van der Waals surface area contributed by atoms with Crippen LogP contribution in [0.2, 0.25) is 0 Å². The summed E-state index contributed by atoms with van der Waals surface area (Å²) in [6, 6.07) is 0. The first-order chi connectivity index (χ1) is 8.13. The summed E-state index contributed by atoms with van der Waals surface area (Å²) in [5.41, 5.74) is 5.39. The van der Waals surface area contributed by atoms with Gasteiger partial charge in [0.1, 0.15) is 8.96 Å². The van der Waals surface area contributed by atoms with Crippen LogP contribution in [0.5, 0.6) is 0 Å². The second-order valence-electron chi connectivity index (χ2n) is 3.40. The van der Waals surface area contributed by atoms with Crippen LogP contribution in [0.4, 0.5) is 4.79 Å². The Morgan fingerprint density at radius 1 is 1.59 bits per heavy atom. The van der Waals surface area contributed by atoms with E-state index in [-0.39, 0.29) is 26.7 Å². The van der Waals surface area contributed by atoms with E-state index in [1.54, 1.807) is 7.98 Å². The van der Waals surface area contributed by atoms with E-state index >= 15 is 0 Å². The molecule has 0 aromatic rings. The van der Waals surface area contributed by atoms with Crippen molar-refractivity contribution >= 4 is 34.9 Å². The Hall–Kier alpha value is -1.18. The Kier molecular flexibility index (Phi) is 5.89. The lowest BCUT2D eigenvalue weighted by Gasteiger charge is -2.08. The highest BCUT2D eigenvalue weighted by atomic mass is 31.1. The number of nitrogens with zero attached hydrogens (tertiary/aromatic N) is 1. The molecule has 1 rings (SSSR count). The van der Waals surface area contributed by atoms with Crippen LogP contribution in [-0.2, 0) is 9.32 Å². The Morgan fingerprint density at radius 3 is 2.94 bits per heavy atom. The van der Waals surface area contributed by atoms with Crippen LogP contribution in [0.1, 0.15) is 6.42 Å². The van der Waals surface area contributed by atoms with Crippen molar-refractivity contribution in [3.05, 3.63) is 0 Å². The fraction of sp³-hybridized carbons (Fsp3) is 0.571. The van der Waals surface area contributed by atoms with Gasteiger partial charge in [0.05, 0.1) is 5.92 Å². The number of nitrogens with two attached hydrogens (primary N) is 1. The van der Waals surface area contributed by atoms with Gasteiger partial charge in [0.2, 0.25) is 11.9 Å². The van der Waals surface area contributed by atoms with Crippen molar-refractivity contribution in [2.75, 3.05) is 13.1 Å². The van der Waals surface area contributed by atoms with Gasteiger partial charge in [-0.05, 0) is 13.0 Å². The molecule has 1 fully saturated rings. The van der Waals surface area contributed by atoms with Gasteiger partial charge in [0.25, 0.3) is 0 Å². The molecule has 0 aromatic carbocycles. The number of rotatable bonds is 3. The maximum atomic E-state index is 11.6. The van der Waals surface area contributed by atoms with Gasteiger partial charge < -0.3 is 20.6 Å². The quantitative estimate of drug-likeness (QED) is 0.198. The third kappa shape index (κ3) is 5.12. The molecule has 1 aliphatic heterocycles. The third-order valence-corrected chi connectivity index (χ3v) is 2.62. The van der Waals surface area contributed by atoms with Crippen LogP contribution in [0.25, 0.3) is 0 Å². The van der Waals surface area contributed by atoms with E-state index in [2.05, 4.69) is 25.1 Å². The average molecular weight is 259 g/mol. The van der Waals surface area contributed by atoms with Gasteiger partial charge in [0, 0.05) is 6.54 Å². The minimum atomic E-state index is -0.833. The lowest BCUT2D eigenvalue weighted by molar-refractivity contribution is -0.122. The van der Waals surface area contributed by atoms with Crippen molar-refractivity contribution in [2.24, 2.45) is 16.6 Å². The molecule has 17 heavy (non-hydrogen) atoms. The molecule has 1 unspecified atom stereocenters. The summed E-state index contributed by atoms with van der Waals surface area (Å²) < 4.78 is 4.62. The number of carbonyl (C=O) groups excluding carboxylic acids is 2. The molecule has 0 saturated carbocycles. The third-order valence-electron chi connectivity index (χ3n) is 2.13. The summed E-state index contributed by atoms with van der Waals surface area (Å²) in [7, 11) is 1.44. The molecule has 0 aromatic heterocycles. The molecule has 1 aliphatic rings. The van der Waals surface area contributed by atoms with Gasteiger partial charge in [-0.3, -0.25) is 10.1 Å². The minimum Gasteiger partial charge on any atom is -0.415 e. The maximum Gasteiger partial charge on any atom is 0.440 e. The molecule has 0 bridgehead atoms. The van der Waals surface area contributed by atoms with Gasteiger partial charge in [-0.25, -0.2) is 4.79 Å². The van der Waals surface area contributed by atoms with Crippen LogP contribution in [0.3, 0.4) is 0 Å². The normalized spacial score (nSPS) is 20.7. The van der Waals surface area contributed by atoms with E-state index in [0.717, 1.165) is 13.0 Å². The topological polar surface area (TPSA) is 118 Å². The molecule has 2 amide bonds. The monoisotopic (exact) mass is 259 g/mol. The van der Waals surface area contributed by atoms with E-state index in [4.69, 9.17) is 5.73 Å². The van der Waals surface area contributed by atoms with E-state index < -0.39 is 6.09 Å². The summed E-state index contributed by atoms with van der Waals surface area (Å²) in [5.74, 6) is -0.605. The van der Waals surface area contributed by atoms with E-state index in [1.807, 2.05) is 0 Å². The van der Waals surface area contributed by atoms with Crippen molar-refractivity contribution in [1.29, 1.82) is 0 Å². The van der Waals surface area contributed by atoms with Crippen molar-refractivity contribution in [3.8, 4) is 0 Å². The lowest BCUT2D eigenvalue weighted by atomic mass is 10.1. The zero-order valence-electron chi connectivity index (χ0n) is 9.45. The first-order valence-electron chi connectivity index (χ1n) is 5.11. The number of carbonyl (C=O) groups is 2. The zero-order chi connectivity index (χ0) is 12.7. The smallest absolute Gasteiger partial charge is 0.415 e. The van der Waals surface area contributed by atoms with E-state index in [1.165, 1.54) is 0 Å².